The molecule has 0 saturated heterocycles. The Morgan fingerprint density at radius 2 is 1.90 bits per heavy atom. The van der Waals surface area contributed by atoms with Crippen LogP contribution >= 0.6 is 0 Å². The number of carboxylic acid groups (broad SMARTS) is 1. The van der Waals surface area contributed by atoms with Crippen molar-refractivity contribution in [2.24, 2.45) is 5.92 Å². The molecule has 1 saturated carbocycles. The van der Waals surface area contributed by atoms with Crippen molar-refractivity contribution in [2.45, 2.75) is 25.1 Å². The SMILES string of the molecule is O=C(NC(C(=O)O)C1CC1)c1ccc(F)c(C(F)(F)F)c1. The lowest BCUT2D eigenvalue weighted by Gasteiger charge is -2.14. The second-order valence-electron chi connectivity index (χ2n) is 4.82. The predicted molar refractivity (Wildman–Crippen MR) is 63.0 cm³/mol. The van der Waals surface area contributed by atoms with Gasteiger partial charge >= 0.3 is 12.1 Å². The summed E-state index contributed by atoms with van der Waals surface area (Å²) >= 11 is 0. The summed E-state index contributed by atoms with van der Waals surface area (Å²) in [5, 5.41) is 11.1. The first-order valence-corrected chi connectivity index (χ1v) is 6.10. The molecule has 2 rings (SSSR count). The molecule has 1 aromatic carbocycles. The molecular weight excluding hydrogens is 294 g/mol. The maximum absolute atomic E-state index is 13.1. The highest BCUT2D eigenvalue weighted by Gasteiger charge is 2.38. The van der Waals surface area contributed by atoms with Gasteiger partial charge in [0.1, 0.15) is 11.9 Å². The van der Waals surface area contributed by atoms with Crippen molar-refractivity contribution in [3.05, 3.63) is 35.1 Å². The first-order valence-electron chi connectivity index (χ1n) is 6.10. The summed E-state index contributed by atoms with van der Waals surface area (Å²) in [6.07, 6.45) is -3.66. The smallest absolute Gasteiger partial charge is 0.419 e. The molecule has 1 amide bonds. The van der Waals surface area contributed by atoms with Crippen LogP contribution in [0.3, 0.4) is 0 Å². The Labute approximate surface area is 116 Å². The summed E-state index contributed by atoms with van der Waals surface area (Å²) < 4.78 is 50.8. The summed E-state index contributed by atoms with van der Waals surface area (Å²) in [5.74, 6) is -3.92. The molecule has 0 aliphatic heterocycles. The van der Waals surface area contributed by atoms with E-state index in [1.807, 2.05) is 0 Å². The predicted octanol–water partition coefficient (Wildman–Crippen LogP) is 2.44. The van der Waals surface area contributed by atoms with Crippen LogP contribution in [0.25, 0.3) is 0 Å². The van der Waals surface area contributed by atoms with Gasteiger partial charge in [-0.25, -0.2) is 9.18 Å². The van der Waals surface area contributed by atoms with Crippen LogP contribution in [0.5, 0.6) is 0 Å². The third-order valence-corrected chi connectivity index (χ3v) is 3.18. The lowest BCUT2D eigenvalue weighted by atomic mass is 10.1. The van der Waals surface area contributed by atoms with Crippen LogP contribution in [0.1, 0.15) is 28.8 Å². The summed E-state index contributed by atoms with van der Waals surface area (Å²) in [5.41, 5.74) is -2.00. The minimum Gasteiger partial charge on any atom is -0.480 e. The summed E-state index contributed by atoms with van der Waals surface area (Å²) in [6, 6.07) is 0.643. The molecule has 0 bridgehead atoms. The van der Waals surface area contributed by atoms with Crippen LogP contribution in [0.2, 0.25) is 0 Å². The lowest BCUT2D eigenvalue weighted by molar-refractivity contribution is -0.141. The highest BCUT2D eigenvalue weighted by molar-refractivity contribution is 5.96. The van der Waals surface area contributed by atoms with Gasteiger partial charge in [0.2, 0.25) is 0 Å². The number of carbonyl (C=O) groups is 2. The Morgan fingerprint density at radius 1 is 1.29 bits per heavy atom. The monoisotopic (exact) mass is 305 g/mol. The van der Waals surface area contributed by atoms with E-state index < -0.39 is 41.0 Å². The third-order valence-electron chi connectivity index (χ3n) is 3.18. The molecule has 4 nitrogen and oxygen atoms in total. The highest BCUT2D eigenvalue weighted by Crippen LogP contribution is 2.34. The first kappa shape index (κ1) is 15.3. The fourth-order valence-electron chi connectivity index (χ4n) is 1.92. The molecule has 1 atom stereocenters. The van der Waals surface area contributed by atoms with Crippen LogP contribution in [0.4, 0.5) is 17.6 Å². The quantitative estimate of drug-likeness (QED) is 0.840. The second-order valence-corrected chi connectivity index (χ2v) is 4.82. The number of benzene rings is 1. The molecule has 8 heteroatoms. The Kier molecular flexibility index (Phi) is 3.89. The Bertz CT molecular complexity index is 581. The molecule has 21 heavy (non-hydrogen) atoms. The van der Waals surface area contributed by atoms with Crippen molar-refractivity contribution in [2.75, 3.05) is 0 Å². The summed E-state index contributed by atoms with van der Waals surface area (Å²) in [6.45, 7) is 0. The average molecular weight is 305 g/mol. The lowest BCUT2D eigenvalue weighted by Crippen LogP contribution is -2.42. The third kappa shape index (κ3) is 3.50. The topological polar surface area (TPSA) is 66.4 Å². The fourth-order valence-corrected chi connectivity index (χ4v) is 1.92. The summed E-state index contributed by atoms with van der Waals surface area (Å²) in [4.78, 5) is 22.8. The molecular formula is C13H11F4NO3. The number of rotatable bonds is 4. The van der Waals surface area contributed by atoms with Crippen LogP contribution in [-0.2, 0) is 11.0 Å². The van der Waals surface area contributed by atoms with E-state index in [1.54, 1.807) is 0 Å². The molecule has 1 aromatic rings. The van der Waals surface area contributed by atoms with E-state index in [1.165, 1.54) is 0 Å². The zero-order chi connectivity index (χ0) is 15.8. The molecule has 0 spiro atoms. The van der Waals surface area contributed by atoms with Crippen molar-refractivity contribution in [1.82, 2.24) is 5.32 Å². The number of amides is 1. The molecule has 1 aliphatic carbocycles. The largest absolute Gasteiger partial charge is 0.480 e. The number of halogens is 4. The zero-order valence-electron chi connectivity index (χ0n) is 10.6. The number of aliphatic carboxylic acids is 1. The van der Waals surface area contributed by atoms with Crippen LogP contribution in [0.15, 0.2) is 18.2 Å². The van der Waals surface area contributed by atoms with Crippen molar-refractivity contribution in [3.63, 3.8) is 0 Å². The number of carboxylic acids is 1. The van der Waals surface area contributed by atoms with E-state index in [9.17, 15) is 27.2 Å². The minimum absolute atomic E-state index is 0.214. The maximum Gasteiger partial charge on any atom is 0.419 e. The highest BCUT2D eigenvalue weighted by atomic mass is 19.4. The van der Waals surface area contributed by atoms with E-state index in [0.29, 0.717) is 25.0 Å². The first-order chi connectivity index (χ1) is 9.70. The van der Waals surface area contributed by atoms with Crippen molar-refractivity contribution in [3.8, 4) is 0 Å². The number of hydrogen-bond donors (Lipinski definition) is 2. The normalized spacial score (nSPS) is 16.4. The van der Waals surface area contributed by atoms with E-state index in [-0.39, 0.29) is 5.92 Å². The molecule has 114 valence electrons. The van der Waals surface area contributed by atoms with Gasteiger partial charge in [-0.3, -0.25) is 4.79 Å². The van der Waals surface area contributed by atoms with E-state index in [2.05, 4.69) is 5.32 Å². The van der Waals surface area contributed by atoms with E-state index in [4.69, 9.17) is 5.11 Å². The van der Waals surface area contributed by atoms with Gasteiger partial charge in [0, 0.05) is 5.56 Å². The van der Waals surface area contributed by atoms with Crippen LogP contribution < -0.4 is 5.32 Å². The van der Waals surface area contributed by atoms with Gasteiger partial charge < -0.3 is 10.4 Å². The van der Waals surface area contributed by atoms with Gasteiger partial charge in [-0.2, -0.15) is 13.2 Å². The number of alkyl halides is 3. The van der Waals surface area contributed by atoms with Crippen molar-refractivity contribution in [1.29, 1.82) is 0 Å². The Hall–Kier alpha value is -2.12. The van der Waals surface area contributed by atoms with Gasteiger partial charge in [0.15, 0.2) is 0 Å². The van der Waals surface area contributed by atoms with Crippen LogP contribution in [-0.4, -0.2) is 23.0 Å². The Morgan fingerprint density at radius 3 is 2.38 bits per heavy atom. The number of nitrogens with one attached hydrogen (secondary N) is 1. The van der Waals surface area contributed by atoms with Gasteiger partial charge in [-0.15, -0.1) is 0 Å². The van der Waals surface area contributed by atoms with Gasteiger partial charge in [-0.05, 0) is 37.0 Å². The van der Waals surface area contributed by atoms with Gasteiger partial charge in [0.05, 0.1) is 5.56 Å². The summed E-state index contributed by atoms with van der Waals surface area (Å²) in [7, 11) is 0. The van der Waals surface area contributed by atoms with Crippen molar-refractivity contribution < 1.29 is 32.3 Å². The molecule has 1 aliphatic rings. The average Bonchev–Trinajstić information content (AvgIpc) is 3.18. The number of hydrogen-bond acceptors (Lipinski definition) is 2. The second kappa shape index (κ2) is 5.34. The molecule has 2 N–H and O–H groups in total. The van der Waals surface area contributed by atoms with E-state index in [0.717, 1.165) is 6.07 Å². The molecule has 0 radical (unpaired) electrons. The minimum atomic E-state index is -4.93. The van der Waals surface area contributed by atoms with Gasteiger partial charge in [-0.1, -0.05) is 0 Å². The van der Waals surface area contributed by atoms with Crippen LogP contribution in [0, 0.1) is 11.7 Å². The molecule has 0 aromatic heterocycles. The zero-order valence-corrected chi connectivity index (χ0v) is 10.6. The van der Waals surface area contributed by atoms with Gasteiger partial charge in [0.25, 0.3) is 5.91 Å². The standard InChI is InChI=1S/C13H11F4NO3/c14-9-4-3-7(5-8(9)13(15,16)17)11(19)18-10(12(20)21)6-1-2-6/h3-6,10H,1-2H2,(H,18,19)(H,20,21). The number of carbonyl (C=O) groups excluding carboxylic acids is 1. The molecule has 1 fully saturated rings. The Balaban J connectivity index is 2.21. The van der Waals surface area contributed by atoms with E-state index >= 15 is 0 Å². The maximum atomic E-state index is 13.1. The fraction of sp³-hybridized carbons (Fsp3) is 0.385. The van der Waals surface area contributed by atoms with Crippen molar-refractivity contribution >= 4 is 11.9 Å². The molecule has 1 unspecified atom stereocenters. The molecule has 0 heterocycles.